The molecule has 2 rings (SSSR count). The van der Waals surface area contributed by atoms with Gasteiger partial charge in [0, 0.05) is 24.8 Å². The van der Waals surface area contributed by atoms with Gasteiger partial charge in [-0.3, -0.25) is 0 Å². The fraction of sp³-hybridized carbons (Fsp3) is 0.500. The molecule has 1 aliphatic rings. The number of rotatable bonds is 3. The molecule has 1 aliphatic carbocycles. The van der Waals surface area contributed by atoms with Crippen LogP contribution in [0.1, 0.15) is 24.8 Å². The zero-order valence-electron chi connectivity index (χ0n) is 9.56. The summed E-state index contributed by atoms with van der Waals surface area (Å²) in [4.78, 5) is 4.15. The van der Waals surface area contributed by atoms with Gasteiger partial charge in [0.2, 0.25) is 0 Å². The van der Waals surface area contributed by atoms with Crippen molar-refractivity contribution in [2.75, 3.05) is 17.7 Å². The van der Waals surface area contributed by atoms with E-state index in [4.69, 9.17) is 11.0 Å². The van der Waals surface area contributed by atoms with Gasteiger partial charge >= 0.3 is 0 Å². The molecule has 0 radical (unpaired) electrons. The van der Waals surface area contributed by atoms with E-state index in [0.717, 1.165) is 19.3 Å². The first-order valence-electron chi connectivity index (χ1n) is 5.78. The maximum absolute atomic E-state index is 9.24. The Morgan fingerprint density at radius 1 is 1.59 bits per heavy atom. The summed E-state index contributed by atoms with van der Waals surface area (Å²) in [5.74, 6) is 0.802. The second-order valence-corrected chi connectivity index (χ2v) is 4.36. The molecule has 0 aliphatic heterocycles. The number of nitrogens with one attached hydrogen (secondary N) is 1. The van der Waals surface area contributed by atoms with Crippen LogP contribution in [0.2, 0.25) is 0 Å². The Morgan fingerprint density at radius 3 is 3.12 bits per heavy atom. The lowest BCUT2D eigenvalue weighted by Crippen LogP contribution is -2.27. The summed E-state index contributed by atoms with van der Waals surface area (Å²) in [6.45, 7) is 0.176. The van der Waals surface area contributed by atoms with Crippen molar-refractivity contribution in [3.05, 3.63) is 17.8 Å². The molecule has 90 valence electrons. The summed E-state index contributed by atoms with van der Waals surface area (Å²) < 4.78 is 0. The van der Waals surface area contributed by atoms with E-state index in [1.165, 1.54) is 0 Å². The van der Waals surface area contributed by atoms with Gasteiger partial charge in [0.05, 0.1) is 11.3 Å². The predicted molar refractivity (Wildman–Crippen MR) is 65.2 cm³/mol. The Bertz CT molecular complexity index is 441. The summed E-state index contributed by atoms with van der Waals surface area (Å²) in [6, 6.07) is 3.83. The number of hydrogen-bond donors (Lipinski definition) is 3. The highest BCUT2D eigenvalue weighted by atomic mass is 16.3. The van der Waals surface area contributed by atoms with Crippen LogP contribution in [0.15, 0.2) is 12.3 Å². The maximum atomic E-state index is 9.24. The van der Waals surface area contributed by atoms with Crippen LogP contribution in [-0.2, 0) is 0 Å². The molecule has 2 unspecified atom stereocenters. The maximum Gasteiger partial charge on any atom is 0.150 e. The third kappa shape index (κ3) is 2.32. The smallest absolute Gasteiger partial charge is 0.150 e. The van der Waals surface area contributed by atoms with Gasteiger partial charge in [0.15, 0.2) is 5.82 Å². The van der Waals surface area contributed by atoms with Crippen LogP contribution in [0.25, 0.3) is 0 Å². The van der Waals surface area contributed by atoms with Gasteiger partial charge in [0.25, 0.3) is 0 Å². The quantitative estimate of drug-likeness (QED) is 0.725. The lowest BCUT2D eigenvalue weighted by molar-refractivity contribution is 0.222. The van der Waals surface area contributed by atoms with E-state index >= 15 is 0 Å². The molecule has 0 amide bonds. The third-order valence-corrected chi connectivity index (χ3v) is 3.33. The molecule has 1 heterocycles. The summed E-state index contributed by atoms with van der Waals surface area (Å²) in [5.41, 5.74) is 6.67. The average molecular weight is 232 g/mol. The highest BCUT2D eigenvalue weighted by molar-refractivity contribution is 5.69. The molecule has 17 heavy (non-hydrogen) atoms. The molecule has 1 saturated carbocycles. The van der Waals surface area contributed by atoms with Crippen molar-refractivity contribution in [3.8, 4) is 6.07 Å². The highest BCUT2D eigenvalue weighted by Crippen LogP contribution is 2.29. The van der Waals surface area contributed by atoms with E-state index in [-0.39, 0.29) is 18.6 Å². The van der Waals surface area contributed by atoms with Gasteiger partial charge in [-0.1, -0.05) is 6.42 Å². The molecule has 0 saturated heterocycles. The van der Waals surface area contributed by atoms with Crippen molar-refractivity contribution < 1.29 is 5.11 Å². The fourth-order valence-electron chi connectivity index (χ4n) is 2.31. The van der Waals surface area contributed by atoms with Crippen molar-refractivity contribution in [2.45, 2.75) is 25.3 Å². The monoisotopic (exact) mass is 232 g/mol. The van der Waals surface area contributed by atoms with Gasteiger partial charge in [-0.25, -0.2) is 4.98 Å². The second kappa shape index (κ2) is 5.02. The number of aromatic nitrogens is 1. The summed E-state index contributed by atoms with van der Waals surface area (Å²) in [7, 11) is 0. The number of nitrogens with zero attached hydrogens (tertiary/aromatic N) is 2. The van der Waals surface area contributed by atoms with E-state index in [9.17, 15) is 5.11 Å². The van der Waals surface area contributed by atoms with Gasteiger partial charge in [0.1, 0.15) is 6.07 Å². The van der Waals surface area contributed by atoms with Gasteiger partial charge in [-0.05, 0) is 18.9 Å². The van der Waals surface area contributed by atoms with E-state index < -0.39 is 0 Å². The second-order valence-electron chi connectivity index (χ2n) is 4.36. The fourth-order valence-corrected chi connectivity index (χ4v) is 2.31. The molecule has 0 spiro atoms. The van der Waals surface area contributed by atoms with Gasteiger partial charge in [-0.2, -0.15) is 5.26 Å². The molecule has 5 heteroatoms. The molecule has 0 aromatic carbocycles. The van der Waals surface area contributed by atoms with Crippen molar-refractivity contribution in [1.82, 2.24) is 4.98 Å². The Balaban J connectivity index is 2.16. The lowest BCUT2D eigenvalue weighted by atomic mass is 10.1. The minimum absolute atomic E-state index is 0.176. The summed E-state index contributed by atoms with van der Waals surface area (Å²) >= 11 is 0. The van der Waals surface area contributed by atoms with E-state index in [2.05, 4.69) is 10.3 Å². The van der Waals surface area contributed by atoms with Gasteiger partial charge < -0.3 is 16.2 Å². The van der Waals surface area contributed by atoms with Crippen LogP contribution in [-0.4, -0.2) is 22.7 Å². The minimum Gasteiger partial charge on any atom is -0.396 e. The largest absolute Gasteiger partial charge is 0.396 e. The van der Waals surface area contributed by atoms with E-state index in [0.29, 0.717) is 17.1 Å². The number of anilines is 2. The van der Waals surface area contributed by atoms with E-state index in [1.807, 2.05) is 6.07 Å². The molecule has 1 aromatic heterocycles. The molecular formula is C12H16N4O. The zero-order valence-corrected chi connectivity index (χ0v) is 9.56. The highest BCUT2D eigenvalue weighted by Gasteiger charge is 2.27. The Kier molecular flexibility index (Phi) is 3.45. The van der Waals surface area contributed by atoms with Gasteiger partial charge in [-0.15, -0.1) is 0 Å². The molecule has 2 atom stereocenters. The van der Waals surface area contributed by atoms with Crippen LogP contribution in [0.4, 0.5) is 11.5 Å². The Morgan fingerprint density at radius 2 is 2.41 bits per heavy atom. The normalized spacial score (nSPS) is 23.3. The van der Waals surface area contributed by atoms with Crippen molar-refractivity contribution in [2.24, 2.45) is 5.92 Å². The molecular weight excluding hydrogens is 216 g/mol. The number of nitriles is 1. The number of pyridine rings is 1. The molecule has 1 aromatic rings. The van der Waals surface area contributed by atoms with E-state index in [1.54, 1.807) is 12.3 Å². The topological polar surface area (TPSA) is 95.0 Å². The molecule has 1 fully saturated rings. The van der Waals surface area contributed by atoms with Crippen molar-refractivity contribution in [3.63, 3.8) is 0 Å². The molecule has 5 nitrogen and oxygen atoms in total. The summed E-state index contributed by atoms with van der Waals surface area (Å²) in [5, 5.41) is 21.4. The SMILES string of the molecule is N#Cc1ccnc(NC2CCCC2CO)c1N. The first-order chi connectivity index (χ1) is 8.26. The molecule has 0 bridgehead atoms. The van der Waals surface area contributed by atoms with Crippen molar-refractivity contribution >= 4 is 11.5 Å². The van der Waals surface area contributed by atoms with Crippen LogP contribution >= 0.6 is 0 Å². The van der Waals surface area contributed by atoms with Crippen LogP contribution in [0.3, 0.4) is 0 Å². The summed E-state index contributed by atoms with van der Waals surface area (Å²) in [6.07, 6.45) is 4.69. The lowest BCUT2D eigenvalue weighted by Gasteiger charge is -2.20. The third-order valence-electron chi connectivity index (χ3n) is 3.33. The number of nitrogen functional groups attached to an aromatic ring is 1. The minimum atomic E-state index is 0.176. The first kappa shape index (κ1) is 11.7. The number of hydrogen-bond acceptors (Lipinski definition) is 5. The van der Waals surface area contributed by atoms with Crippen LogP contribution in [0.5, 0.6) is 0 Å². The van der Waals surface area contributed by atoms with Crippen LogP contribution in [0, 0.1) is 17.2 Å². The Hall–Kier alpha value is -1.80. The average Bonchev–Trinajstić information content (AvgIpc) is 2.79. The standard InChI is InChI=1S/C12H16N4O/c13-6-8-4-5-15-12(11(8)14)16-10-3-1-2-9(10)7-17/h4-5,9-10,17H,1-3,7,14H2,(H,15,16). The van der Waals surface area contributed by atoms with Crippen molar-refractivity contribution in [1.29, 1.82) is 5.26 Å². The first-order valence-corrected chi connectivity index (χ1v) is 5.78. The predicted octanol–water partition coefficient (Wildman–Crippen LogP) is 1.11. The number of aliphatic hydroxyl groups is 1. The van der Waals surface area contributed by atoms with Crippen LogP contribution < -0.4 is 11.1 Å². The zero-order chi connectivity index (χ0) is 12.3. The molecule has 4 N–H and O–H groups in total. The Labute approximate surface area is 100 Å². The number of nitrogens with two attached hydrogens (primary N) is 1. The number of aliphatic hydroxyl groups excluding tert-OH is 1.